The quantitative estimate of drug-likeness (QED) is 0.827. The van der Waals surface area contributed by atoms with Gasteiger partial charge < -0.3 is 10.6 Å². The molecular weight excluding hydrogens is 332 g/mol. The highest BCUT2D eigenvalue weighted by Gasteiger charge is 2.43. The van der Waals surface area contributed by atoms with Gasteiger partial charge in [0.15, 0.2) is 0 Å². The lowest BCUT2D eigenvalue weighted by Gasteiger charge is -2.40. The summed E-state index contributed by atoms with van der Waals surface area (Å²) < 4.78 is 54.4. The van der Waals surface area contributed by atoms with Crippen LogP contribution in [0.25, 0.3) is 0 Å². The second kappa shape index (κ2) is 6.95. The summed E-state index contributed by atoms with van der Waals surface area (Å²) in [5, 5.41) is 0. The van der Waals surface area contributed by atoms with Gasteiger partial charge in [-0.2, -0.15) is 13.2 Å². The van der Waals surface area contributed by atoms with Crippen molar-refractivity contribution in [2.45, 2.75) is 44.1 Å². The largest absolute Gasteiger partial charge is 0.416 e. The van der Waals surface area contributed by atoms with E-state index in [9.17, 15) is 13.2 Å². The second-order valence-corrected chi connectivity index (χ2v) is 6.77. The van der Waals surface area contributed by atoms with Crippen LogP contribution < -0.4 is 5.73 Å². The minimum atomic E-state index is -4.54. The van der Waals surface area contributed by atoms with E-state index in [-0.39, 0.29) is 30.8 Å². The molecule has 0 amide bonds. The highest BCUT2D eigenvalue weighted by atomic mass is 35.5. The number of nitrogens with zero attached hydrogens (tertiary/aromatic N) is 1. The van der Waals surface area contributed by atoms with Crippen molar-refractivity contribution in [3.63, 3.8) is 0 Å². The fourth-order valence-corrected chi connectivity index (χ4v) is 3.03. The van der Waals surface area contributed by atoms with Crippen molar-refractivity contribution in [3.8, 4) is 0 Å². The minimum Gasteiger partial charge on any atom is -0.324 e. The fourth-order valence-electron chi connectivity index (χ4n) is 3.03. The number of hydrogen-bond donors (Lipinski definition) is 1. The molecule has 0 bridgehead atoms. The normalized spacial score (nSPS) is 19.3. The Kier molecular flexibility index (Phi) is 6.10. The number of likely N-dealkylation sites (tertiary alicyclic amines) is 1. The second-order valence-electron chi connectivity index (χ2n) is 6.77. The molecule has 2 nitrogen and oxygen atoms in total. The summed E-state index contributed by atoms with van der Waals surface area (Å²) in [7, 11) is 0. The van der Waals surface area contributed by atoms with Gasteiger partial charge in [-0.3, -0.25) is 0 Å². The zero-order valence-electron chi connectivity index (χ0n) is 13.3. The Morgan fingerprint density at radius 3 is 2.13 bits per heavy atom. The minimum absolute atomic E-state index is 0. The predicted octanol–water partition coefficient (Wildman–Crippen LogP) is 4.13. The molecule has 132 valence electrons. The van der Waals surface area contributed by atoms with Crippen LogP contribution in [0.3, 0.4) is 0 Å². The van der Waals surface area contributed by atoms with Crippen molar-refractivity contribution in [2.75, 3.05) is 19.6 Å². The summed E-state index contributed by atoms with van der Waals surface area (Å²) in [6, 6.07) is 4.96. The Balaban J connectivity index is 0.00000264. The molecule has 1 aromatic carbocycles. The lowest BCUT2D eigenvalue weighted by molar-refractivity contribution is -0.140. The molecule has 1 aromatic rings. The molecule has 0 aromatic heterocycles. The SMILES string of the molecule is CC(C)(N)CN1CCC(F)(c2ccccc2C(F)(F)F)CC1.Cl. The maximum absolute atomic E-state index is 15.1. The predicted molar refractivity (Wildman–Crippen MR) is 85.4 cm³/mol. The molecule has 0 saturated carbocycles. The Morgan fingerprint density at radius 1 is 1.13 bits per heavy atom. The van der Waals surface area contributed by atoms with Crippen molar-refractivity contribution < 1.29 is 17.6 Å². The van der Waals surface area contributed by atoms with Gasteiger partial charge in [-0.15, -0.1) is 12.4 Å². The van der Waals surface area contributed by atoms with E-state index in [4.69, 9.17) is 5.73 Å². The lowest BCUT2D eigenvalue weighted by atomic mass is 9.83. The highest BCUT2D eigenvalue weighted by molar-refractivity contribution is 5.85. The summed E-state index contributed by atoms with van der Waals surface area (Å²) in [5.74, 6) is 0. The summed E-state index contributed by atoms with van der Waals surface area (Å²) in [6.45, 7) is 5.17. The number of benzene rings is 1. The monoisotopic (exact) mass is 354 g/mol. The van der Waals surface area contributed by atoms with Gasteiger partial charge >= 0.3 is 6.18 Å². The summed E-state index contributed by atoms with van der Waals surface area (Å²) in [5.41, 5.74) is 2.50. The third-order valence-electron chi connectivity index (χ3n) is 3.99. The van der Waals surface area contributed by atoms with Crippen molar-refractivity contribution in [3.05, 3.63) is 35.4 Å². The molecule has 7 heteroatoms. The van der Waals surface area contributed by atoms with Crippen LogP contribution in [0.2, 0.25) is 0 Å². The van der Waals surface area contributed by atoms with E-state index in [0.717, 1.165) is 6.07 Å². The van der Waals surface area contributed by atoms with E-state index in [0.29, 0.717) is 19.6 Å². The average molecular weight is 355 g/mol. The molecule has 1 aliphatic heterocycles. The maximum atomic E-state index is 15.1. The van der Waals surface area contributed by atoms with Gasteiger partial charge in [-0.1, -0.05) is 18.2 Å². The van der Waals surface area contributed by atoms with Crippen LogP contribution in [0, 0.1) is 0 Å². The van der Waals surface area contributed by atoms with Crippen molar-refractivity contribution >= 4 is 12.4 Å². The number of nitrogens with two attached hydrogens (primary N) is 1. The Bertz CT molecular complexity index is 518. The van der Waals surface area contributed by atoms with Crippen LogP contribution in [0.5, 0.6) is 0 Å². The van der Waals surface area contributed by atoms with Crippen LogP contribution >= 0.6 is 12.4 Å². The average Bonchev–Trinajstić information content (AvgIpc) is 2.39. The lowest BCUT2D eigenvalue weighted by Crippen LogP contribution is -2.50. The number of halogens is 5. The third-order valence-corrected chi connectivity index (χ3v) is 3.99. The van der Waals surface area contributed by atoms with Crippen molar-refractivity contribution in [2.24, 2.45) is 5.73 Å². The number of hydrogen-bond acceptors (Lipinski definition) is 2. The molecule has 0 spiro atoms. The molecule has 23 heavy (non-hydrogen) atoms. The van der Waals surface area contributed by atoms with Crippen LogP contribution in [0.15, 0.2) is 24.3 Å². The number of rotatable bonds is 3. The third kappa shape index (κ3) is 5.06. The van der Waals surface area contributed by atoms with Gasteiger partial charge in [0.05, 0.1) is 5.56 Å². The van der Waals surface area contributed by atoms with Crippen LogP contribution in [0.1, 0.15) is 37.8 Å². The van der Waals surface area contributed by atoms with E-state index in [1.165, 1.54) is 18.2 Å². The molecule has 1 fully saturated rings. The summed E-state index contributed by atoms with van der Waals surface area (Å²) in [6.07, 6.45) is -4.43. The summed E-state index contributed by atoms with van der Waals surface area (Å²) in [4.78, 5) is 2.01. The molecule has 1 saturated heterocycles. The van der Waals surface area contributed by atoms with Gasteiger partial charge in [0.25, 0.3) is 0 Å². The first-order valence-corrected chi connectivity index (χ1v) is 7.38. The van der Waals surface area contributed by atoms with Gasteiger partial charge in [0.2, 0.25) is 0 Å². The molecule has 0 atom stereocenters. The van der Waals surface area contributed by atoms with Gasteiger partial charge in [0.1, 0.15) is 5.67 Å². The van der Waals surface area contributed by atoms with E-state index in [2.05, 4.69) is 0 Å². The van der Waals surface area contributed by atoms with Gasteiger partial charge in [-0.25, -0.2) is 4.39 Å². The van der Waals surface area contributed by atoms with Crippen molar-refractivity contribution in [1.29, 1.82) is 0 Å². The van der Waals surface area contributed by atoms with E-state index in [1.54, 1.807) is 0 Å². The molecule has 1 aliphatic rings. The Hall–Kier alpha value is -0.850. The standard InChI is InChI=1S/C16H22F4N2.ClH/c1-14(2,21)11-22-9-7-15(17,8-10-22)12-5-3-4-6-13(12)16(18,19)20;/h3-6H,7-11,21H2,1-2H3;1H. The fraction of sp³-hybridized carbons (Fsp3) is 0.625. The topological polar surface area (TPSA) is 29.3 Å². The van der Waals surface area contributed by atoms with Crippen LogP contribution in [-0.2, 0) is 11.8 Å². The maximum Gasteiger partial charge on any atom is 0.416 e. The van der Waals surface area contributed by atoms with Gasteiger partial charge in [-0.05, 0) is 32.8 Å². The van der Waals surface area contributed by atoms with E-state index >= 15 is 4.39 Å². The first kappa shape index (κ1) is 20.2. The molecule has 0 radical (unpaired) electrons. The first-order valence-electron chi connectivity index (χ1n) is 7.38. The Morgan fingerprint density at radius 2 is 1.65 bits per heavy atom. The number of piperidine rings is 1. The smallest absolute Gasteiger partial charge is 0.324 e. The molecule has 2 rings (SSSR count). The van der Waals surface area contributed by atoms with E-state index < -0.39 is 22.9 Å². The first-order chi connectivity index (χ1) is 10.0. The molecule has 0 aliphatic carbocycles. The Labute approximate surface area is 140 Å². The molecule has 0 unspecified atom stereocenters. The van der Waals surface area contributed by atoms with Crippen LogP contribution in [-0.4, -0.2) is 30.1 Å². The molecule has 1 heterocycles. The molecular formula is C16H23ClF4N2. The van der Waals surface area contributed by atoms with Crippen LogP contribution in [0.4, 0.5) is 17.6 Å². The summed E-state index contributed by atoms with van der Waals surface area (Å²) >= 11 is 0. The van der Waals surface area contributed by atoms with E-state index in [1.807, 2.05) is 18.7 Å². The zero-order valence-corrected chi connectivity index (χ0v) is 14.1. The zero-order chi connectivity index (χ0) is 16.6. The highest BCUT2D eigenvalue weighted by Crippen LogP contribution is 2.43. The van der Waals surface area contributed by atoms with Crippen molar-refractivity contribution in [1.82, 2.24) is 4.90 Å². The number of alkyl halides is 4. The van der Waals surface area contributed by atoms with Gasteiger partial charge in [0, 0.05) is 30.7 Å². The molecule has 2 N–H and O–H groups in total.